The first kappa shape index (κ1) is 12.7. The van der Waals surface area contributed by atoms with Crippen LogP contribution in [0.3, 0.4) is 0 Å². The van der Waals surface area contributed by atoms with Crippen molar-refractivity contribution in [3.05, 3.63) is 24.1 Å². The molecule has 0 radical (unpaired) electrons. The molecule has 0 fully saturated rings. The Morgan fingerprint density at radius 2 is 2.22 bits per heavy atom. The van der Waals surface area contributed by atoms with Crippen LogP contribution in [0.5, 0.6) is 0 Å². The van der Waals surface area contributed by atoms with Gasteiger partial charge < -0.3 is 14.3 Å². The number of carbonyl (C=O) groups is 1. The van der Waals surface area contributed by atoms with Gasteiger partial charge in [0.15, 0.2) is 5.58 Å². The van der Waals surface area contributed by atoms with Crippen molar-refractivity contribution in [3.63, 3.8) is 0 Å². The third kappa shape index (κ3) is 2.42. The van der Waals surface area contributed by atoms with Gasteiger partial charge in [-0.1, -0.05) is 20.3 Å². The van der Waals surface area contributed by atoms with Gasteiger partial charge in [-0.15, -0.1) is 0 Å². The Morgan fingerprint density at radius 1 is 1.39 bits per heavy atom. The minimum Gasteiger partial charge on any atom is -0.463 e. The molecule has 0 aromatic carbocycles. The minimum absolute atomic E-state index is 0.0108. The van der Waals surface area contributed by atoms with Gasteiger partial charge in [0.05, 0.1) is 11.8 Å². The molecule has 2 heterocycles. The van der Waals surface area contributed by atoms with Crippen LogP contribution in [0.25, 0.3) is 11.1 Å². The predicted molar refractivity (Wildman–Crippen MR) is 71.7 cm³/mol. The van der Waals surface area contributed by atoms with Crippen LogP contribution in [0.2, 0.25) is 0 Å². The predicted octanol–water partition coefficient (Wildman–Crippen LogP) is 3.17. The minimum atomic E-state index is -0.0108. The highest BCUT2D eigenvalue weighted by Crippen LogP contribution is 2.21. The number of aromatic nitrogens is 1. The lowest BCUT2D eigenvalue weighted by molar-refractivity contribution is 0.0944. The van der Waals surface area contributed by atoms with Crippen molar-refractivity contribution in [1.29, 1.82) is 0 Å². The molecular weight excluding hydrogens is 228 g/mol. The number of nitrogens with zero attached hydrogens (tertiary/aromatic N) is 1. The van der Waals surface area contributed by atoms with Crippen LogP contribution in [-0.4, -0.2) is 17.0 Å². The van der Waals surface area contributed by atoms with Gasteiger partial charge in [0, 0.05) is 25.2 Å². The fraction of sp³-hybridized carbons (Fsp3) is 0.500. The summed E-state index contributed by atoms with van der Waals surface area (Å²) in [5.41, 5.74) is 2.48. The van der Waals surface area contributed by atoms with Crippen molar-refractivity contribution in [2.75, 3.05) is 6.54 Å². The third-order valence-electron chi connectivity index (χ3n) is 3.02. The number of nitrogens with one attached hydrogen (secondary N) is 1. The molecule has 0 bridgehead atoms. The highest BCUT2D eigenvalue weighted by molar-refractivity contribution is 5.97. The van der Waals surface area contributed by atoms with E-state index in [-0.39, 0.29) is 5.91 Å². The van der Waals surface area contributed by atoms with E-state index < -0.39 is 0 Å². The van der Waals surface area contributed by atoms with Gasteiger partial charge in [0.1, 0.15) is 5.69 Å². The molecule has 1 N–H and O–H groups in total. The van der Waals surface area contributed by atoms with E-state index in [1.807, 2.05) is 16.7 Å². The summed E-state index contributed by atoms with van der Waals surface area (Å²) in [6, 6.07) is 3.74. The second-order valence-electron chi connectivity index (χ2n) is 4.46. The molecular formula is C14H20N2O2. The van der Waals surface area contributed by atoms with Gasteiger partial charge in [0.25, 0.3) is 5.91 Å². The van der Waals surface area contributed by atoms with Crippen molar-refractivity contribution < 1.29 is 9.21 Å². The van der Waals surface area contributed by atoms with Crippen LogP contribution in [0.15, 0.2) is 22.8 Å². The molecule has 18 heavy (non-hydrogen) atoms. The summed E-state index contributed by atoms with van der Waals surface area (Å²) in [5.74, 6) is -0.0108. The van der Waals surface area contributed by atoms with Crippen LogP contribution >= 0.6 is 0 Å². The van der Waals surface area contributed by atoms with Gasteiger partial charge in [-0.3, -0.25) is 4.79 Å². The monoisotopic (exact) mass is 248 g/mol. The summed E-state index contributed by atoms with van der Waals surface area (Å²) in [6.07, 6.45) is 4.74. The largest absolute Gasteiger partial charge is 0.463 e. The second-order valence-corrected chi connectivity index (χ2v) is 4.46. The Bertz CT molecular complexity index is 525. The van der Waals surface area contributed by atoms with Gasteiger partial charge in [-0.25, -0.2) is 0 Å². The number of carbonyl (C=O) groups excluding carboxylic acids is 1. The lowest BCUT2D eigenvalue weighted by Gasteiger charge is -2.08. The van der Waals surface area contributed by atoms with Crippen molar-refractivity contribution in [3.8, 4) is 0 Å². The van der Waals surface area contributed by atoms with Gasteiger partial charge in [-0.2, -0.15) is 0 Å². The zero-order valence-corrected chi connectivity index (χ0v) is 11.0. The molecule has 4 nitrogen and oxygen atoms in total. The second kappa shape index (κ2) is 5.76. The Kier molecular flexibility index (Phi) is 4.07. The van der Waals surface area contributed by atoms with E-state index in [0.717, 1.165) is 43.5 Å². The van der Waals surface area contributed by atoms with Crippen molar-refractivity contribution in [1.82, 2.24) is 9.88 Å². The molecule has 4 heteroatoms. The van der Waals surface area contributed by atoms with E-state index in [9.17, 15) is 4.79 Å². The normalized spacial score (nSPS) is 11.0. The zero-order valence-electron chi connectivity index (χ0n) is 11.0. The lowest BCUT2D eigenvalue weighted by atomic mass is 10.3. The highest BCUT2D eigenvalue weighted by atomic mass is 16.3. The number of furan rings is 1. The molecule has 98 valence electrons. The first-order valence-corrected chi connectivity index (χ1v) is 6.62. The van der Waals surface area contributed by atoms with Crippen LogP contribution in [0.4, 0.5) is 0 Å². The SMILES string of the molecule is CCCCNC(=O)c1cc2occc2n1CCC. The molecule has 0 saturated heterocycles. The summed E-state index contributed by atoms with van der Waals surface area (Å²) < 4.78 is 7.39. The molecule has 0 spiro atoms. The maximum Gasteiger partial charge on any atom is 0.268 e. The van der Waals surface area contributed by atoms with E-state index in [2.05, 4.69) is 19.2 Å². The molecule has 0 aliphatic carbocycles. The summed E-state index contributed by atoms with van der Waals surface area (Å²) in [6.45, 7) is 5.78. The topological polar surface area (TPSA) is 47.2 Å². The van der Waals surface area contributed by atoms with Crippen LogP contribution < -0.4 is 5.32 Å². The van der Waals surface area contributed by atoms with E-state index in [1.165, 1.54) is 0 Å². The molecule has 0 aliphatic rings. The molecule has 2 rings (SSSR count). The number of unbranched alkanes of at least 4 members (excludes halogenated alkanes) is 1. The summed E-state index contributed by atoms with van der Waals surface area (Å²) in [7, 11) is 0. The number of aryl methyl sites for hydroxylation is 1. The fourth-order valence-electron chi connectivity index (χ4n) is 2.10. The average molecular weight is 248 g/mol. The van der Waals surface area contributed by atoms with Crippen LogP contribution in [0, 0.1) is 0 Å². The van der Waals surface area contributed by atoms with Gasteiger partial charge in [0.2, 0.25) is 0 Å². The third-order valence-corrected chi connectivity index (χ3v) is 3.02. The molecule has 0 unspecified atom stereocenters. The average Bonchev–Trinajstić information content (AvgIpc) is 2.92. The van der Waals surface area contributed by atoms with E-state index in [1.54, 1.807) is 6.26 Å². The van der Waals surface area contributed by atoms with E-state index in [4.69, 9.17) is 4.42 Å². The van der Waals surface area contributed by atoms with Crippen molar-refractivity contribution in [2.45, 2.75) is 39.7 Å². The molecule has 2 aromatic heterocycles. The number of hydrogen-bond donors (Lipinski definition) is 1. The number of rotatable bonds is 6. The smallest absolute Gasteiger partial charge is 0.268 e. The molecule has 0 saturated carbocycles. The summed E-state index contributed by atoms with van der Waals surface area (Å²) >= 11 is 0. The lowest BCUT2D eigenvalue weighted by Crippen LogP contribution is -2.26. The van der Waals surface area contributed by atoms with Gasteiger partial charge in [-0.05, 0) is 12.8 Å². The molecule has 0 atom stereocenters. The summed E-state index contributed by atoms with van der Waals surface area (Å²) in [4.78, 5) is 12.1. The number of fused-ring (bicyclic) bond motifs is 1. The standard InChI is InChI=1S/C14H20N2O2/c1-3-5-7-15-14(17)12-10-13-11(6-9-18-13)16(12)8-4-2/h6,9-10H,3-5,7-8H2,1-2H3,(H,15,17). The maximum atomic E-state index is 12.1. The van der Waals surface area contributed by atoms with Crippen LogP contribution in [0.1, 0.15) is 43.6 Å². The van der Waals surface area contributed by atoms with Crippen molar-refractivity contribution in [2.24, 2.45) is 0 Å². The Morgan fingerprint density at radius 3 is 2.94 bits per heavy atom. The Labute approximate surface area is 107 Å². The fourth-order valence-corrected chi connectivity index (χ4v) is 2.10. The van der Waals surface area contributed by atoms with Gasteiger partial charge >= 0.3 is 0 Å². The Hall–Kier alpha value is -1.71. The zero-order chi connectivity index (χ0) is 13.0. The highest BCUT2D eigenvalue weighted by Gasteiger charge is 2.16. The quantitative estimate of drug-likeness (QED) is 0.798. The molecule has 0 aliphatic heterocycles. The van der Waals surface area contributed by atoms with Crippen LogP contribution in [-0.2, 0) is 6.54 Å². The first-order chi connectivity index (χ1) is 8.77. The maximum absolute atomic E-state index is 12.1. The number of amides is 1. The first-order valence-electron chi connectivity index (χ1n) is 6.62. The van der Waals surface area contributed by atoms with E-state index >= 15 is 0 Å². The molecule has 1 amide bonds. The Balaban J connectivity index is 2.22. The van der Waals surface area contributed by atoms with Crippen molar-refractivity contribution >= 4 is 17.0 Å². The summed E-state index contributed by atoms with van der Waals surface area (Å²) in [5, 5.41) is 2.95. The molecule has 2 aromatic rings. The van der Waals surface area contributed by atoms with E-state index in [0.29, 0.717) is 5.69 Å². The number of hydrogen-bond acceptors (Lipinski definition) is 2.